The van der Waals surface area contributed by atoms with Gasteiger partial charge in [-0.05, 0) is 80.0 Å². The highest BCUT2D eigenvalue weighted by molar-refractivity contribution is 6.29. The molecular weight excluding hydrogens is 628 g/mol. The maximum Gasteiger partial charge on any atom is 0.254 e. The van der Waals surface area contributed by atoms with Gasteiger partial charge >= 0.3 is 0 Å². The summed E-state index contributed by atoms with van der Waals surface area (Å²) in [5.41, 5.74) is 11.0. The van der Waals surface area contributed by atoms with Crippen LogP contribution in [0.15, 0.2) is 54.9 Å². The molecule has 2 saturated carbocycles. The van der Waals surface area contributed by atoms with Crippen molar-refractivity contribution in [3.8, 4) is 17.3 Å². The predicted molar refractivity (Wildman–Crippen MR) is 182 cm³/mol. The van der Waals surface area contributed by atoms with Crippen molar-refractivity contribution in [1.82, 2.24) is 33.9 Å². The van der Waals surface area contributed by atoms with Crippen molar-refractivity contribution in [3.63, 3.8) is 0 Å². The fourth-order valence-electron chi connectivity index (χ4n) is 8.17. The molecule has 4 fully saturated rings. The van der Waals surface area contributed by atoms with Crippen LogP contribution in [-0.4, -0.2) is 84.5 Å². The largest absolute Gasteiger partial charge is 0.494 e. The first-order chi connectivity index (χ1) is 23.4. The Labute approximate surface area is 282 Å². The number of carbonyl (C=O) groups is 2. The number of nitrogens with zero attached hydrogens (tertiary/aromatic N) is 7. The van der Waals surface area contributed by atoms with Gasteiger partial charge in [0.15, 0.2) is 5.82 Å². The highest BCUT2D eigenvalue weighted by atomic mass is 35.5. The van der Waals surface area contributed by atoms with E-state index in [2.05, 4.69) is 26.3 Å². The van der Waals surface area contributed by atoms with E-state index in [4.69, 9.17) is 32.0 Å². The van der Waals surface area contributed by atoms with E-state index in [9.17, 15) is 9.59 Å². The molecular formula is C36H37ClN8O3. The van der Waals surface area contributed by atoms with Crippen LogP contribution in [0.3, 0.4) is 0 Å². The minimum absolute atomic E-state index is 0.0228. The van der Waals surface area contributed by atoms with E-state index in [0.717, 1.165) is 47.5 Å². The van der Waals surface area contributed by atoms with Gasteiger partial charge < -0.3 is 29.4 Å². The first kappa shape index (κ1) is 29.6. The Morgan fingerprint density at radius 1 is 0.917 bits per heavy atom. The molecule has 0 spiro atoms. The van der Waals surface area contributed by atoms with Gasteiger partial charge in [0.25, 0.3) is 11.8 Å². The number of likely N-dealkylation sites (tertiary alicyclic amines) is 2. The second-order valence-corrected chi connectivity index (χ2v) is 14.4. The molecule has 12 heteroatoms. The number of halogens is 1. The Morgan fingerprint density at radius 3 is 2.48 bits per heavy atom. The number of aromatic nitrogens is 5. The Balaban J connectivity index is 1.12. The number of nitrogens with two attached hydrogens (primary N) is 1. The fraction of sp³-hybridized carbons (Fsp3) is 0.417. The maximum atomic E-state index is 13.9. The van der Waals surface area contributed by atoms with Crippen LogP contribution in [0.25, 0.3) is 33.6 Å². The number of fused-ring (bicyclic) bond motifs is 4. The van der Waals surface area contributed by atoms with Gasteiger partial charge in [0.1, 0.15) is 22.1 Å². The van der Waals surface area contributed by atoms with Gasteiger partial charge in [0, 0.05) is 79.6 Å². The van der Waals surface area contributed by atoms with Crippen LogP contribution >= 0.6 is 11.6 Å². The van der Waals surface area contributed by atoms with Crippen molar-refractivity contribution in [1.29, 1.82) is 0 Å². The van der Waals surface area contributed by atoms with E-state index >= 15 is 0 Å². The molecule has 48 heavy (non-hydrogen) atoms. The van der Waals surface area contributed by atoms with Crippen LogP contribution in [0.1, 0.15) is 46.4 Å². The average Bonchev–Trinajstić information content (AvgIpc) is 3.43. The van der Waals surface area contributed by atoms with Crippen LogP contribution in [0, 0.1) is 17.8 Å². The van der Waals surface area contributed by atoms with E-state index in [-0.39, 0.29) is 29.8 Å². The summed E-state index contributed by atoms with van der Waals surface area (Å²) in [6.45, 7) is 3.39. The number of hydrogen-bond acceptors (Lipinski definition) is 7. The summed E-state index contributed by atoms with van der Waals surface area (Å²) >= 11 is 6.07. The van der Waals surface area contributed by atoms with Crippen molar-refractivity contribution in [3.05, 3.63) is 71.1 Å². The van der Waals surface area contributed by atoms with Crippen molar-refractivity contribution < 1.29 is 14.3 Å². The normalized spacial score (nSPS) is 22.2. The fourth-order valence-corrected chi connectivity index (χ4v) is 8.35. The van der Waals surface area contributed by atoms with Crippen molar-refractivity contribution in [2.75, 3.05) is 26.7 Å². The molecule has 2 saturated heterocycles. The lowest BCUT2D eigenvalue weighted by atomic mass is 9.98. The van der Waals surface area contributed by atoms with Gasteiger partial charge in [0.05, 0.1) is 18.3 Å². The molecule has 3 atom stereocenters. The molecule has 6 heterocycles. The topological polar surface area (TPSA) is 124 Å². The van der Waals surface area contributed by atoms with Crippen molar-refractivity contribution in [2.45, 2.75) is 50.9 Å². The van der Waals surface area contributed by atoms with E-state index in [1.807, 2.05) is 34.2 Å². The third kappa shape index (κ3) is 4.85. The number of ether oxygens (including phenoxy) is 1. The Kier molecular flexibility index (Phi) is 6.98. The summed E-state index contributed by atoms with van der Waals surface area (Å²) in [6, 6.07) is 13.4. The first-order valence-electron chi connectivity index (χ1n) is 16.9. The quantitative estimate of drug-likeness (QED) is 0.235. The molecule has 2 aliphatic carbocycles. The van der Waals surface area contributed by atoms with Gasteiger partial charge in [-0.15, -0.1) is 0 Å². The molecule has 4 aliphatic rings. The Morgan fingerprint density at radius 2 is 1.75 bits per heavy atom. The molecule has 11 nitrogen and oxygen atoms in total. The highest BCUT2D eigenvalue weighted by Gasteiger charge is 2.47. The molecule has 9 rings (SSSR count). The number of carbonyl (C=O) groups excluding carboxylic acids is 2. The minimum Gasteiger partial charge on any atom is -0.494 e. The molecule has 2 bridgehead atoms. The number of imidazole rings is 1. The standard InChI is InChI=1S/C36H37ClN8O3/c1-48-29-13-25(36(47)44-19-24-6-7-27(44)31(24)38)11-26-32(29)45(18-21-15-42(16-21)35(46)23-8-10-39-30(37)14-23)34(41-26)28-12-22-3-2-9-40-33(22)43(28)17-20-4-5-20/h2-3,8-14,20-21,24,27,31H,4-7,15-19,38H2,1H3/t24-,27-,31-/m1/s1. The van der Waals surface area contributed by atoms with Gasteiger partial charge in [-0.1, -0.05) is 11.6 Å². The van der Waals surface area contributed by atoms with E-state index in [1.165, 1.54) is 12.8 Å². The third-order valence-corrected chi connectivity index (χ3v) is 11.1. The van der Waals surface area contributed by atoms with Crippen LogP contribution in [0.2, 0.25) is 5.15 Å². The zero-order valence-electron chi connectivity index (χ0n) is 26.8. The van der Waals surface area contributed by atoms with Crippen LogP contribution < -0.4 is 10.5 Å². The Hall–Kier alpha value is -4.48. The molecule has 2 aliphatic heterocycles. The third-order valence-electron chi connectivity index (χ3n) is 10.9. The lowest BCUT2D eigenvalue weighted by molar-refractivity contribution is 0.0471. The van der Waals surface area contributed by atoms with Crippen LogP contribution in [0.5, 0.6) is 5.75 Å². The SMILES string of the molecule is COc1cc(C(=O)N2C[C@H]3CC[C@@H]2[C@@H]3N)cc2nc(-c3cc4cccnc4n3CC3CC3)n(CC3CN(C(=O)c4ccnc(Cl)c4)C3)c12. The van der Waals surface area contributed by atoms with Crippen LogP contribution in [0.4, 0.5) is 0 Å². The van der Waals surface area contributed by atoms with Gasteiger partial charge in [-0.2, -0.15) is 0 Å². The molecule has 246 valence electrons. The van der Waals surface area contributed by atoms with Gasteiger partial charge in [0.2, 0.25) is 0 Å². The summed E-state index contributed by atoms with van der Waals surface area (Å²) in [5, 5.41) is 1.36. The molecule has 2 N–H and O–H groups in total. The predicted octanol–water partition coefficient (Wildman–Crippen LogP) is 4.85. The number of benzene rings is 1. The number of methoxy groups -OCH3 is 1. The number of rotatable bonds is 8. The van der Waals surface area contributed by atoms with Gasteiger partial charge in [-0.25, -0.2) is 15.0 Å². The van der Waals surface area contributed by atoms with Crippen molar-refractivity contribution >= 4 is 45.5 Å². The summed E-state index contributed by atoms with van der Waals surface area (Å²) < 4.78 is 10.5. The number of hydrogen-bond donors (Lipinski definition) is 1. The van der Waals surface area contributed by atoms with E-state index < -0.39 is 0 Å². The molecule has 0 unspecified atom stereocenters. The number of amides is 2. The summed E-state index contributed by atoms with van der Waals surface area (Å²) in [7, 11) is 1.64. The lowest BCUT2D eigenvalue weighted by Gasteiger charge is -2.39. The monoisotopic (exact) mass is 664 g/mol. The van der Waals surface area contributed by atoms with E-state index in [0.29, 0.717) is 65.6 Å². The summed E-state index contributed by atoms with van der Waals surface area (Å²) in [4.78, 5) is 45.0. The number of piperidine rings is 1. The zero-order valence-corrected chi connectivity index (χ0v) is 27.5. The first-order valence-corrected chi connectivity index (χ1v) is 17.2. The smallest absolute Gasteiger partial charge is 0.254 e. The molecule has 5 aromatic rings. The molecule has 4 aromatic heterocycles. The molecule has 1 aromatic carbocycles. The van der Waals surface area contributed by atoms with Gasteiger partial charge in [-0.3, -0.25) is 9.59 Å². The summed E-state index contributed by atoms with van der Waals surface area (Å²) in [5.74, 6) is 2.50. The summed E-state index contributed by atoms with van der Waals surface area (Å²) in [6.07, 6.45) is 7.84. The second kappa shape index (κ2) is 11.3. The van der Waals surface area contributed by atoms with E-state index in [1.54, 1.807) is 25.4 Å². The number of pyridine rings is 2. The molecule has 2 amide bonds. The minimum atomic E-state index is -0.0574. The van der Waals surface area contributed by atoms with Crippen LogP contribution in [-0.2, 0) is 13.1 Å². The average molecular weight is 665 g/mol. The highest BCUT2D eigenvalue weighted by Crippen LogP contribution is 2.41. The van der Waals surface area contributed by atoms with Crippen molar-refractivity contribution in [2.24, 2.45) is 23.5 Å². The molecule has 0 radical (unpaired) electrons. The zero-order chi connectivity index (χ0) is 32.7. The lowest BCUT2D eigenvalue weighted by Crippen LogP contribution is -2.51. The Bertz CT molecular complexity index is 2100. The maximum absolute atomic E-state index is 13.9. The second-order valence-electron chi connectivity index (χ2n) is 14.0.